The molecule has 2 aromatic carbocycles. The van der Waals surface area contributed by atoms with E-state index in [0.29, 0.717) is 17.7 Å². The average Bonchev–Trinajstić information content (AvgIpc) is 3.13. The second-order valence-corrected chi connectivity index (χ2v) is 7.35. The Bertz CT molecular complexity index is 893. The third-order valence-electron chi connectivity index (χ3n) is 4.95. The molecule has 1 aliphatic heterocycles. The average molecular weight is 472 g/mol. The van der Waals surface area contributed by atoms with Gasteiger partial charge in [-0.25, -0.2) is 0 Å². The van der Waals surface area contributed by atoms with Crippen LogP contribution in [-0.4, -0.2) is 25.5 Å². The summed E-state index contributed by atoms with van der Waals surface area (Å²) < 4.78 is 123. The lowest BCUT2D eigenvalue weighted by Crippen LogP contribution is -2.51. The van der Waals surface area contributed by atoms with E-state index in [0.717, 1.165) is 0 Å². The Balaban J connectivity index is 1.83. The maximum absolute atomic E-state index is 13.1. The summed E-state index contributed by atoms with van der Waals surface area (Å²) in [5, 5.41) is 4.68. The van der Waals surface area contributed by atoms with Crippen LogP contribution in [0.3, 0.4) is 0 Å². The van der Waals surface area contributed by atoms with Crippen molar-refractivity contribution in [2.75, 3.05) is 13.2 Å². The molecule has 0 spiro atoms. The number of halogens is 9. The molecule has 2 aromatic rings. The summed E-state index contributed by atoms with van der Waals surface area (Å²) in [5.74, 6) is 0. The molecular weight excluding hydrogens is 455 g/mol. The van der Waals surface area contributed by atoms with Crippen LogP contribution in [0.2, 0.25) is 0 Å². The van der Waals surface area contributed by atoms with Crippen molar-refractivity contribution in [3.05, 3.63) is 70.8 Å². The molecule has 1 heterocycles. The fourth-order valence-electron chi connectivity index (χ4n) is 3.42. The van der Waals surface area contributed by atoms with E-state index in [2.05, 4.69) is 10.6 Å². The molecule has 0 bridgehead atoms. The van der Waals surface area contributed by atoms with Crippen molar-refractivity contribution in [3.8, 4) is 0 Å². The molecule has 2 N–H and O–H groups in total. The molecule has 176 valence electrons. The van der Waals surface area contributed by atoms with Gasteiger partial charge in [0, 0.05) is 6.54 Å². The first kappa shape index (κ1) is 24.3. The van der Waals surface area contributed by atoms with Gasteiger partial charge >= 0.3 is 18.5 Å². The van der Waals surface area contributed by atoms with E-state index >= 15 is 0 Å². The summed E-state index contributed by atoms with van der Waals surface area (Å²) in [5.41, 5.74) is -4.38. The molecule has 3 rings (SSSR count). The van der Waals surface area contributed by atoms with Gasteiger partial charge in [-0.15, -0.1) is 0 Å². The predicted octanol–water partition coefficient (Wildman–Crippen LogP) is 5.22. The number of hydrogen-bond donors (Lipinski definition) is 2. The SMILES string of the molecule is FC(F)(F)c1cc(COCC2(c3ccccc3)CNC(C(F)(F)F)N2)cc(C(F)(F)F)c1. The highest BCUT2D eigenvalue weighted by molar-refractivity contribution is 5.33. The Labute approximate surface area is 176 Å². The smallest absolute Gasteiger partial charge is 0.374 e. The van der Waals surface area contributed by atoms with Gasteiger partial charge < -0.3 is 4.74 Å². The summed E-state index contributed by atoms with van der Waals surface area (Å²) in [6.45, 7) is -1.33. The summed E-state index contributed by atoms with van der Waals surface area (Å²) in [6, 6.07) is 8.93. The van der Waals surface area contributed by atoms with Crippen LogP contribution in [-0.2, 0) is 29.2 Å². The van der Waals surface area contributed by atoms with Crippen molar-refractivity contribution < 1.29 is 44.3 Å². The Hall–Kier alpha value is -2.31. The fraction of sp³-hybridized carbons (Fsp3) is 0.400. The number of hydrogen-bond acceptors (Lipinski definition) is 3. The first-order valence-electron chi connectivity index (χ1n) is 9.20. The second kappa shape index (κ2) is 8.56. The van der Waals surface area contributed by atoms with Crippen molar-refractivity contribution in [3.63, 3.8) is 0 Å². The molecule has 0 saturated carbocycles. The molecule has 2 atom stereocenters. The maximum atomic E-state index is 13.1. The van der Waals surface area contributed by atoms with Crippen molar-refractivity contribution >= 4 is 0 Å². The molecule has 0 amide bonds. The van der Waals surface area contributed by atoms with E-state index in [4.69, 9.17) is 4.74 Å². The molecule has 1 fully saturated rings. The lowest BCUT2D eigenvalue weighted by molar-refractivity contribution is -0.159. The highest BCUT2D eigenvalue weighted by Crippen LogP contribution is 2.37. The highest BCUT2D eigenvalue weighted by Gasteiger charge is 2.50. The van der Waals surface area contributed by atoms with Gasteiger partial charge in [0.1, 0.15) is 0 Å². The lowest BCUT2D eigenvalue weighted by Gasteiger charge is -2.30. The Morgan fingerprint density at radius 3 is 1.88 bits per heavy atom. The number of nitrogens with one attached hydrogen (secondary N) is 2. The van der Waals surface area contributed by atoms with E-state index < -0.39 is 60.1 Å². The van der Waals surface area contributed by atoms with Crippen molar-refractivity contribution in [1.29, 1.82) is 0 Å². The maximum Gasteiger partial charge on any atom is 0.417 e. The predicted molar refractivity (Wildman–Crippen MR) is 95.2 cm³/mol. The number of rotatable bonds is 5. The zero-order valence-corrected chi connectivity index (χ0v) is 16.1. The topological polar surface area (TPSA) is 33.3 Å². The normalized spacial score (nSPS) is 22.3. The Kier molecular flexibility index (Phi) is 6.51. The standard InChI is InChI=1S/C20H17F9N2O/c21-18(22,23)14-6-12(7-15(8-14)19(24,25)26)9-32-11-17(13-4-2-1-3-5-13)10-30-16(31-17)20(27,28)29/h1-8,16,30-31H,9-11H2. The summed E-state index contributed by atoms with van der Waals surface area (Å²) >= 11 is 0. The quantitative estimate of drug-likeness (QED) is 0.586. The van der Waals surface area contributed by atoms with Gasteiger partial charge in [0.25, 0.3) is 0 Å². The molecule has 3 nitrogen and oxygen atoms in total. The zero-order chi connectivity index (χ0) is 23.8. The minimum atomic E-state index is -5.02. The van der Waals surface area contributed by atoms with Crippen molar-refractivity contribution in [2.45, 2.75) is 36.8 Å². The van der Waals surface area contributed by atoms with Gasteiger partial charge in [0.05, 0.1) is 29.9 Å². The van der Waals surface area contributed by atoms with Crippen molar-refractivity contribution in [1.82, 2.24) is 10.6 Å². The molecule has 12 heteroatoms. The van der Waals surface area contributed by atoms with Gasteiger partial charge in [-0.05, 0) is 29.3 Å². The van der Waals surface area contributed by atoms with Gasteiger partial charge in [-0.2, -0.15) is 39.5 Å². The largest absolute Gasteiger partial charge is 0.417 e. The summed E-state index contributed by atoms with van der Waals surface area (Å²) in [4.78, 5) is 0. The first-order valence-corrected chi connectivity index (χ1v) is 9.20. The monoisotopic (exact) mass is 472 g/mol. The molecule has 1 aliphatic rings. The van der Waals surface area contributed by atoms with Crippen LogP contribution in [0.5, 0.6) is 0 Å². The van der Waals surface area contributed by atoms with Crippen LogP contribution < -0.4 is 10.6 Å². The van der Waals surface area contributed by atoms with Crippen LogP contribution in [0, 0.1) is 0 Å². The van der Waals surface area contributed by atoms with Crippen molar-refractivity contribution in [2.24, 2.45) is 0 Å². The van der Waals surface area contributed by atoms with Crippen LogP contribution in [0.4, 0.5) is 39.5 Å². The van der Waals surface area contributed by atoms with E-state index in [9.17, 15) is 39.5 Å². The molecule has 0 aromatic heterocycles. The fourth-order valence-corrected chi connectivity index (χ4v) is 3.42. The molecule has 0 radical (unpaired) electrons. The van der Waals surface area contributed by atoms with Crippen LogP contribution in [0.1, 0.15) is 22.3 Å². The number of ether oxygens (including phenoxy) is 1. The minimum Gasteiger partial charge on any atom is -0.374 e. The highest BCUT2D eigenvalue weighted by atomic mass is 19.4. The summed E-state index contributed by atoms with van der Waals surface area (Å²) in [7, 11) is 0. The van der Waals surface area contributed by atoms with E-state index in [-0.39, 0.29) is 12.6 Å². The molecule has 2 unspecified atom stereocenters. The molecular formula is C20H17F9N2O. The third-order valence-corrected chi connectivity index (χ3v) is 4.95. The van der Waals surface area contributed by atoms with E-state index in [1.807, 2.05) is 0 Å². The zero-order valence-electron chi connectivity index (χ0n) is 16.1. The second-order valence-electron chi connectivity index (χ2n) is 7.35. The van der Waals surface area contributed by atoms with Crippen LogP contribution in [0.25, 0.3) is 0 Å². The van der Waals surface area contributed by atoms with E-state index in [1.54, 1.807) is 30.3 Å². The number of benzene rings is 2. The minimum absolute atomic E-state index is 0.00860. The summed E-state index contributed by atoms with van der Waals surface area (Å²) in [6.07, 6.45) is -16.7. The molecule has 0 aliphatic carbocycles. The lowest BCUT2D eigenvalue weighted by atomic mass is 9.91. The van der Waals surface area contributed by atoms with Gasteiger partial charge in [-0.1, -0.05) is 30.3 Å². The van der Waals surface area contributed by atoms with E-state index in [1.165, 1.54) is 0 Å². The van der Waals surface area contributed by atoms with Gasteiger partial charge in [0.15, 0.2) is 6.17 Å². The third kappa shape index (κ3) is 5.54. The van der Waals surface area contributed by atoms with Gasteiger partial charge in [0.2, 0.25) is 0 Å². The Morgan fingerprint density at radius 2 is 1.41 bits per heavy atom. The number of alkyl halides is 9. The molecule has 32 heavy (non-hydrogen) atoms. The molecule has 1 saturated heterocycles. The van der Waals surface area contributed by atoms with Crippen LogP contribution in [0.15, 0.2) is 48.5 Å². The van der Waals surface area contributed by atoms with Gasteiger partial charge in [-0.3, -0.25) is 10.6 Å². The Morgan fingerprint density at radius 1 is 0.844 bits per heavy atom. The van der Waals surface area contributed by atoms with Crippen LogP contribution >= 0.6 is 0 Å². The first-order chi connectivity index (χ1) is 14.7.